The molecule has 154 valence electrons. The fourth-order valence-electron chi connectivity index (χ4n) is 4.30. The molecule has 0 spiro atoms. The highest BCUT2D eigenvalue weighted by atomic mass is 19.1. The van der Waals surface area contributed by atoms with Gasteiger partial charge in [-0.2, -0.15) is 0 Å². The summed E-state index contributed by atoms with van der Waals surface area (Å²) in [6, 6.07) is 21.0. The molecule has 0 aromatic heterocycles. The van der Waals surface area contributed by atoms with Crippen LogP contribution in [0.1, 0.15) is 17.9 Å². The molecule has 2 heterocycles. The van der Waals surface area contributed by atoms with Gasteiger partial charge in [-0.15, -0.1) is 0 Å². The number of benzene rings is 3. The van der Waals surface area contributed by atoms with Crippen molar-refractivity contribution < 1.29 is 18.6 Å². The summed E-state index contributed by atoms with van der Waals surface area (Å²) in [5, 5.41) is 3.50. The van der Waals surface area contributed by atoms with Gasteiger partial charge in [0.15, 0.2) is 11.5 Å². The van der Waals surface area contributed by atoms with Crippen LogP contribution < -0.4 is 19.5 Å². The fourth-order valence-corrected chi connectivity index (χ4v) is 4.30. The third kappa shape index (κ3) is 3.98. The second-order valence-electron chi connectivity index (χ2n) is 7.82. The van der Waals surface area contributed by atoms with E-state index in [9.17, 15) is 4.39 Å². The highest BCUT2D eigenvalue weighted by Gasteiger charge is 2.27. The van der Waals surface area contributed by atoms with Crippen LogP contribution in [-0.4, -0.2) is 26.5 Å². The summed E-state index contributed by atoms with van der Waals surface area (Å²) in [6.45, 7) is 2.79. The summed E-state index contributed by atoms with van der Waals surface area (Å²) in [5.74, 6) is 2.83. The molecule has 0 aliphatic carbocycles. The van der Waals surface area contributed by atoms with Gasteiger partial charge in [0.1, 0.15) is 11.6 Å². The summed E-state index contributed by atoms with van der Waals surface area (Å²) >= 11 is 0. The predicted molar refractivity (Wildman–Crippen MR) is 114 cm³/mol. The van der Waals surface area contributed by atoms with Crippen LogP contribution in [0.5, 0.6) is 17.2 Å². The lowest BCUT2D eigenvalue weighted by atomic mass is 9.81. The van der Waals surface area contributed by atoms with Crippen molar-refractivity contribution in [2.45, 2.75) is 12.3 Å². The number of halogens is 1. The molecule has 3 aromatic carbocycles. The topological polar surface area (TPSA) is 39.7 Å². The maximum absolute atomic E-state index is 13.3. The van der Waals surface area contributed by atoms with E-state index in [1.807, 2.05) is 30.3 Å². The Kier molecular flexibility index (Phi) is 5.28. The number of rotatable bonds is 5. The zero-order valence-electron chi connectivity index (χ0n) is 16.6. The summed E-state index contributed by atoms with van der Waals surface area (Å²) in [5.41, 5.74) is 3.44. The molecule has 1 saturated heterocycles. The van der Waals surface area contributed by atoms with Gasteiger partial charge in [-0.3, -0.25) is 0 Å². The van der Waals surface area contributed by atoms with Gasteiger partial charge in [0, 0.05) is 18.5 Å². The van der Waals surface area contributed by atoms with E-state index in [0.717, 1.165) is 47.9 Å². The molecule has 0 saturated carbocycles. The minimum Gasteiger partial charge on any atom is -0.493 e. The molecule has 4 nitrogen and oxygen atoms in total. The minimum atomic E-state index is -0.214. The average Bonchev–Trinajstić information content (AvgIpc) is 3.26. The molecule has 0 unspecified atom stereocenters. The predicted octanol–water partition coefficient (Wildman–Crippen LogP) is 4.99. The number of hydrogen-bond acceptors (Lipinski definition) is 4. The summed E-state index contributed by atoms with van der Waals surface area (Å²) < 4.78 is 30.2. The zero-order valence-corrected chi connectivity index (χ0v) is 16.6. The molecule has 0 radical (unpaired) electrons. The third-order valence-corrected chi connectivity index (χ3v) is 5.91. The van der Waals surface area contributed by atoms with E-state index in [0.29, 0.717) is 18.4 Å². The number of ether oxygens (including phenoxy) is 3. The fraction of sp³-hybridized carbons (Fsp3) is 0.280. The highest BCUT2D eigenvalue weighted by molar-refractivity contribution is 5.64. The van der Waals surface area contributed by atoms with E-state index in [1.165, 1.54) is 17.7 Å². The molecular formula is C25H24FNO3. The van der Waals surface area contributed by atoms with Crippen LogP contribution in [-0.2, 0) is 0 Å². The largest absolute Gasteiger partial charge is 0.493 e. The molecule has 1 N–H and O–H groups in total. The first-order valence-electron chi connectivity index (χ1n) is 10.4. The Morgan fingerprint density at radius 2 is 1.80 bits per heavy atom. The molecule has 0 bridgehead atoms. The first-order valence-corrected chi connectivity index (χ1v) is 10.4. The summed E-state index contributed by atoms with van der Waals surface area (Å²) in [4.78, 5) is 0. The van der Waals surface area contributed by atoms with Gasteiger partial charge in [-0.05, 0) is 59.8 Å². The molecule has 5 rings (SSSR count). The van der Waals surface area contributed by atoms with Crippen LogP contribution in [0.3, 0.4) is 0 Å². The number of nitrogens with one attached hydrogen (secondary N) is 1. The standard InChI is InChI=1S/C25H24FNO3/c26-21-6-4-17(5-7-21)18-2-1-3-19(12-18)23-10-11-27-14-20(23)15-28-22-8-9-24-25(13-22)30-16-29-24/h1-9,12-13,20,23,27H,10-11,14-16H2/t20-,23-/m0/s1. The quantitative estimate of drug-likeness (QED) is 0.649. The van der Waals surface area contributed by atoms with Gasteiger partial charge in [0.05, 0.1) is 6.61 Å². The molecular weight excluding hydrogens is 381 g/mol. The molecule has 5 heteroatoms. The van der Waals surface area contributed by atoms with E-state index in [4.69, 9.17) is 14.2 Å². The van der Waals surface area contributed by atoms with E-state index in [2.05, 4.69) is 29.6 Å². The maximum Gasteiger partial charge on any atom is 0.231 e. The molecule has 2 aliphatic heterocycles. The van der Waals surface area contributed by atoms with Crippen LogP contribution in [0.15, 0.2) is 66.7 Å². The maximum atomic E-state index is 13.3. The van der Waals surface area contributed by atoms with E-state index < -0.39 is 0 Å². The Balaban J connectivity index is 1.32. The number of piperidine rings is 1. The van der Waals surface area contributed by atoms with Crippen molar-refractivity contribution in [1.29, 1.82) is 0 Å². The van der Waals surface area contributed by atoms with Crippen LogP contribution in [0.25, 0.3) is 11.1 Å². The Bertz CT molecular complexity index is 1020. The van der Waals surface area contributed by atoms with Crippen molar-refractivity contribution in [3.63, 3.8) is 0 Å². The van der Waals surface area contributed by atoms with Crippen molar-refractivity contribution in [2.75, 3.05) is 26.5 Å². The Labute approximate surface area is 175 Å². The van der Waals surface area contributed by atoms with E-state index >= 15 is 0 Å². The SMILES string of the molecule is Fc1ccc(-c2cccc([C@@H]3CCNC[C@H]3COc3ccc4c(c3)OCO4)c2)cc1. The van der Waals surface area contributed by atoms with Crippen LogP contribution >= 0.6 is 0 Å². The summed E-state index contributed by atoms with van der Waals surface area (Å²) in [6.07, 6.45) is 1.06. The molecule has 2 atom stereocenters. The van der Waals surface area contributed by atoms with Gasteiger partial charge >= 0.3 is 0 Å². The molecule has 2 aliphatic rings. The Hall–Kier alpha value is -3.05. The summed E-state index contributed by atoms with van der Waals surface area (Å²) in [7, 11) is 0. The average molecular weight is 405 g/mol. The smallest absolute Gasteiger partial charge is 0.231 e. The minimum absolute atomic E-state index is 0.214. The van der Waals surface area contributed by atoms with Crippen molar-refractivity contribution in [2.24, 2.45) is 5.92 Å². The first-order chi connectivity index (χ1) is 14.8. The lowest BCUT2D eigenvalue weighted by Crippen LogP contribution is -2.38. The number of fused-ring (bicyclic) bond motifs is 1. The molecule has 1 fully saturated rings. The van der Waals surface area contributed by atoms with Gasteiger partial charge in [0.25, 0.3) is 0 Å². The number of hydrogen-bond donors (Lipinski definition) is 1. The monoisotopic (exact) mass is 405 g/mol. The molecule has 3 aromatic rings. The molecule has 30 heavy (non-hydrogen) atoms. The van der Waals surface area contributed by atoms with Crippen LogP contribution in [0, 0.1) is 11.7 Å². The van der Waals surface area contributed by atoms with Gasteiger partial charge < -0.3 is 19.5 Å². The zero-order chi connectivity index (χ0) is 20.3. The third-order valence-electron chi connectivity index (χ3n) is 5.91. The normalized spacial score (nSPS) is 20.2. The first kappa shape index (κ1) is 18.9. The van der Waals surface area contributed by atoms with Crippen LogP contribution in [0.2, 0.25) is 0 Å². The van der Waals surface area contributed by atoms with Crippen molar-refractivity contribution in [3.8, 4) is 28.4 Å². The Morgan fingerprint density at radius 1 is 0.933 bits per heavy atom. The van der Waals surface area contributed by atoms with Crippen molar-refractivity contribution >= 4 is 0 Å². The second kappa shape index (κ2) is 8.36. The van der Waals surface area contributed by atoms with Crippen molar-refractivity contribution in [3.05, 3.63) is 78.1 Å². The van der Waals surface area contributed by atoms with Gasteiger partial charge in [0.2, 0.25) is 6.79 Å². The van der Waals surface area contributed by atoms with Crippen LogP contribution in [0.4, 0.5) is 4.39 Å². The van der Waals surface area contributed by atoms with Crippen molar-refractivity contribution in [1.82, 2.24) is 5.32 Å². The van der Waals surface area contributed by atoms with E-state index in [1.54, 1.807) is 0 Å². The van der Waals surface area contributed by atoms with Gasteiger partial charge in [-0.25, -0.2) is 4.39 Å². The van der Waals surface area contributed by atoms with E-state index in [-0.39, 0.29) is 12.6 Å². The van der Waals surface area contributed by atoms with Gasteiger partial charge in [-0.1, -0.05) is 36.4 Å². The molecule has 0 amide bonds. The lowest BCUT2D eigenvalue weighted by molar-refractivity contribution is 0.173. The second-order valence-corrected chi connectivity index (χ2v) is 7.82. The Morgan fingerprint density at radius 3 is 2.70 bits per heavy atom. The highest BCUT2D eigenvalue weighted by Crippen LogP contribution is 2.37. The lowest BCUT2D eigenvalue weighted by Gasteiger charge is -2.32.